The fourth-order valence-corrected chi connectivity index (χ4v) is 3.97. The van der Waals surface area contributed by atoms with Gasteiger partial charge < -0.3 is 9.47 Å². The number of rotatable bonds is 9. The monoisotopic (exact) mass is 419 g/mol. The average molecular weight is 419 g/mol. The van der Waals surface area contributed by atoms with E-state index in [1.807, 2.05) is 6.92 Å². The maximum absolute atomic E-state index is 12.9. The number of carbonyl (C=O) groups excluding carboxylic acids is 2. The van der Waals surface area contributed by atoms with Crippen molar-refractivity contribution in [3.63, 3.8) is 0 Å². The third-order valence-electron chi connectivity index (χ3n) is 4.44. The molecule has 29 heavy (non-hydrogen) atoms. The summed E-state index contributed by atoms with van der Waals surface area (Å²) in [5.74, 6) is -1.60. The van der Waals surface area contributed by atoms with Crippen molar-refractivity contribution >= 4 is 21.8 Å². The number of ether oxygens (including phenoxy) is 2. The Morgan fingerprint density at radius 2 is 1.62 bits per heavy atom. The Kier molecular flexibility index (Phi) is 7.53. The second kappa shape index (κ2) is 9.67. The molecule has 0 spiro atoms. The highest BCUT2D eigenvalue weighted by Crippen LogP contribution is 2.19. The molecule has 0 aliphatic carbocycles. The minimum atomic E-state index is -4.03. The number of esters is 1. The quantitative estimate of drug-likeness (QED) is 0.496. The zero-order chi connectivity index (χ0) is 21.6. The molecule has 0 radical (unpaired) electrons. The number of benzene rings is 2. The van der Waals surface area contributed by atoms with E-state index in [9.17, 15) is 18.0 Å². The molecule has 0 amide bonds. The molecule has 2 aromatic carbocycles. The van der Waals surface area contributed by atoms with Gasteiger partial charge >= 0.3 is 5.97 Å². The third kappa shape index (κ3) is 5.65. The molecule has 0 saturated carbocycles. The van der Waals surface area contributed by atoms with Gasteiger partial charge in [-0.2, -0.15) is 4.72 Å². The molecule has 1 N–H and O–H groups in total. The van der Waals surface area contributed by atoms with E-state index in [-0.39, 0.29) is 11.5 Å². The molecule has 0 unspecified atom stereocenters. The van der Waals surface area contributed by atoms with Crippen LogP contribution >= 0.6 is 0 Å². The first-order chi connectivity index (χ1) is 13.7. The highest BCUT2D eigenvalue weighted by atomic mass is 32.2. The van der Waals surface area contributed by atoms with Crippen LogP contribution < -0.4 is 9.46 Å². The van der Waals surface area contributed by atoms with Crippen molar-refractivity contribution in [2.24, 2.45) is 5.92 Å². The van der Waals surface area contributed by atoms with Crippen LogP contribution in [-0.4, -0.2) is 39.9 Å². The molecule has 156 valence electrons. The van der Waals surface area contributed by atoms with Crippen LogP contribution in [0.5, 0.6) is 5.75 Å². The van der Waals surface area contributed by atoms with Crippen LogP contribution in [0, 0.1) is 12.8 Å². The molecule has 0 aliphatic rings. The van der Waals surface area contributed by atoms with Crippen LogP contribution in [0.3, 0.4) is 0 Å². The van der Waals surface area contributed by atoms with Crippen molar-refractivity contribution in [3.8, 4) is 5.75 Å². The first kappa shape index (κ1) is 22.6. The van der Waals surface area contributed by atoms with Crippen molar-refractivity contribution < 1.29 is 27.5 Å². The van der Waals surface area contributed by atoms with E-state index in [4.69, 9.17) is 9.47 Å². The molecule has 0 fully saturated rings. The van der Waals surface area contributed by atoms with Crippen molar-refractivity contribution in [3.05, 3.63) is 59.7 Å². The summed E-state index contributed by atoms with van der Waals surface area (Å²) in [4.78, 5) is 25.3. The summed E-state index contributed by atoms with van der Waals surface area (Å²) < 4.78 is 37.9. The molecular formula is C21H25NO6S. The van der Waals surface area contributed by atoms with Gasteiger partial charge in [0.05, 0.1) is 18.6 Å². The summed E-state index contributed by atoms with van der Waals surface area (Å²) in [7, 11) is -2.52. The van der Waals surface area contributed by atoms with Crippen LogP contribution in [-0.2, 0) is 19.6 Å². The highest BCUT2D eigenvalue weighted by molar-refractivity contribution is 7.89. The summed E-state index contributed by atoms with van der Waals surface area (Å²) in [5, 5.41) is 0. The van der Waals surface area contributed by atoms with Gasteiger partial charge in [-0.05, 0) is 50.2 Å². The van der Waals surface area contributed by atoms with Crippen LogP contribution in [0.15, 0.2) is 53.4 Å². The Morgan fingerprint density at radius 1 is 1.03 bits per heavy atom. The van der Waals surface area contributed by atoms with Gasteiger partial charge in [0.1, 0.15) is 11.8 Å². The lowest BCUT2D eigenvalue weighted by Gasteiger charge is -2.22. The normalized spacial score (nSPS) is 13.4. The van der Waals surface area contributed by atoms with Gasteiger partial charge in [-0.15, -0.1) is 0 Å². The molecule has 8 heteroatoms. The maximum atomic E-state index is 12.9. The maximum Gasteiger partial charge on any atom is 0.324 e. The highest BCUT2D eigenvalue weighted by Gasteiger charge is 2.35. The van der Waals surface area contributed by atoms with E-state index < -0.39 is 33.7 Å². The van der Waals surface area contributed by atoms with Crippen molar-refractivity contribution in [2.45, 2.75) is 31.7 Å². The van der Waals surface area contributed by atoms with Crippen molar-refractivity contribution in [1.29, 1.82) is 0 Å². The Balaban J connectivity index is 2.32. The molecule has 0 aliphatic heterocycles. The van der Waals surface area contributed by atoms with E-state index in [0.29, 0.717) is 11.3 Å². The molecule has 0 aromatic heterocycles. The SMILES string of the molecule is CCOC(=O)[C@@H](NS(=O)(=O)c1ccc(C)cc1)[C@@H](C)C(=O)c1ccc(OC)cc1. The number of carbonyl (C=O) groups is 2. The number of hydrogen-bond donors (Lipinski definition) is 1. The van der Waals surface area contributed by atoms with Crippen LogP contribution in [0.25, 0.3) is 0 Å². The average Bonchev–Trinajstić information content (AvgIpc) is 2.71. The van der Waals surface area contributed by atoms with Gasteiger partial charge in [-0.1, -0.05) is 24.6 Å². The van der Waals surface area contributed by atoms with Crippen molar-refractivity contribution in [2.75, 3.05) is 13.7 Å². The molecule has 0 saturated heterocycles. The summed E-state index contributed by atoms with van der Waals surface area (Å²) in [5.41, 5.74) is 1.23. The molecule has 7 nitrogen and oxygen atoms in total. The second-order valence-corrected chi connectivity index (χ2v) is 8.26. The second-order valence-electron chi connectivity index (χ2n) is 6.55. The van der Waals surface area contributed by atoms with Gasteiger partial charge in [0, 0.05) is 11.5 Å². The molecular weight excluding hydrogens is 394 g/mol. The lowest BCUT2D eigenvalue weighted by Crippen LogP contribution is -2.48. The summed E-state index contributed by atoms with van der Waals surface area (Å²) in [6, 6.07) is 11.2. The lowest BCUT2D eigenvalue weighted by atomic mass is 9.93. The van der Waals surface area contributed by atoms with E-state index in [1.165, 1.54) is 26.2 Å². The Bertz CT molecular complexity index is 952. The number of nitrogens with one attached hydrogen (secondary N) is 1. The number of methoxy groups -OCH3 is 1. The Labute approximate surface area is 171 Å². The smallest absolute Gasteiger partial charge is 0.324 e. The minimum absolute atomic E-state index is 0.00138. The lowest BCUT2D eigenvalue weighted by molar-refractivity contribution is -0.146. The number of hydrogen-bond acceptors (Lipinski definition) is 6. The number of Topliss-reactive ketones (excluding diaryl/α,β-unsaturated/α-hetero) is 1. The van der Waals surface area contributed by atoms with Gasteiger partial charge in [0.2, 0.25) is 10.0 Å². The minimum Gasteiger partial charge on any atom is -0.497 e. The predicted molar refractivity (Wildman–Crippen MR) is 108 cm³/mol. The van der Waals surface area contributed by atoms with Gasteiger partial charge in [0.15, 0.2) is 5.78 Å². The van der Waals surface area contributed by atoms with Crippen LogP contribution in [0.1, 0.15) is 29.8 Å². The topological polar surface area (TPSA) is 98.8 Å². The zero-order valence-corrected chi connectivity index (χ0v) is 17.7. The molecule has 0 heterocycles. The fourth-order valence-electron chi connectivity index (χ4n) is 2.71. The summed E-state index contributed by atoms with van der Waals surface area (Å²) in [6.07, 6.45) is 0. The third-order valence-corrected chi connectivity index (χ3v) is 5.90. The van der Waals surface area contributed by atoms with Crippen LogP contribution in [0.2, 0.25) is 0 Å². The molecule has 0 bridgehead atoms. The Hall–Kier alpha value is -2.71. The first-order valence-electron chi connectivity index (χ1n) is 9.13. The fraction of sp³-hybridized carbons (Fsp3) is 0.333. The van der Waals surface area contributed by atoms with E-state index in [2.05, 4.69) is 4.72 Å². The number of ketones is 1. The molecule has 2 aromatic rings. The van der Waals surface area contributed by atoms with Gasteiger partial charge in [0.25, 0.3) is 0 Å². The summed E-state index contributed by atoms with van der Waals surface area (Å²) in [6.45, 7) is 5.00. The van der Waals surface area contributed by atoms with E-state index >= 15 is 0 Å². The predicted octanol–water partition coefficient (Wildman–Crippen LogP) is 2.73. The molecule has 2 rings (SSSR count). The number of sulfonamides is 1. The Morgan fingerprint density at radius 3 is 2.14 bits per heavy atom. The standard InChI is InChI=1S/C21H25NO6S/c1-5-28-21(24)19(22-29(25,26)18-12-6-14(2)7-13-18)15(3)20(23)16-8-10-17(27-4)11-9-16/h6-13,15,19,22H,5H2,1-4H3/t15-,19+/m1/s1. The van der Waals surface area contributed by atoms with Crippen LogP contribution in [0.4, 0.5) is 0 Å². The van der Waals surface area contributed by atoms with E-state index in [1.54, 1.807) is 43.3 Å². The van der Waals surface area contributed by atoms with Gasteiger partial charge in [-0.3, -0.25) is 9.59 Å². The van der Waals surface area contributed by atoms with Crippen molar-refractivity contribution in [1.82, 2.24) is 4.72 Å². The van der Waals surface area contributed by atoms with E-state index in [0.717, 1.165) is 5.56 Å². The molecule has 2 atom stereocenters. The first-order valence-corrected chi connectivity index (χ1v) is 10.6. The summed E-state index contributed by atoms with van der Waals surface area (Å²) >= 11 is 0. The van der Waals surface area contributed by atoms with Gasteiger partial charge in [-0.25, -0.2) is 8.42 Å². The largest absolute Gasteiger partial charge is 0.497 e. The number of aryl methyl sites for hydroxylation is 1. The zero-order valence-electron chi connectivity index (χ0n) is 16.8.